The van der Waals surface area contributed by atoms with Crippen LogP contribution in [0.25, 0.3) is 0 Å². The Balaban J connectivity index is 1.35. The summed E-state index contributed by atoms with van der Waals surface area (Å²) in [5, 5.41) is 10.5. The van der Waals surface area contributed by atoms with E-state index in [-0.39, 0.29) is 17.9 Å². The van der Waals surface area contributed by atoms with Gasteiger partial charge in [0.15, 0.2) is 0 Å². The lowest BCUT2D eigenvalue weighted by Crippen LogP contribution is -2.51. The zero-order valence-corrected chi connectivity index (χ0v) is 17.4. The highest BCUT2D eigenvalue weighted by Gasteiger charge is 2.53. The van der Waals surface area contributed by atoms with Gasteiger partial charge >= 0.3 is 5.97 Å². The molecule has 30 heavy (non-hydrogen) atoms. The molecule has 0 aliphatic carbocycles. The van der Waals surface area contributed by atoms with Gasteiger partial charge in [-0.15, -0.1) is 0 Å². The lowest BCUT2D eigenvalue weighted by Gasteiger charge is -2.45. The van der Waals surface area contributed by atoms with Crippen LogP contribution in [0.5, 0.6) is 0 Å². The van der Waals surface area contributed by atoms with Gasteiger partial charge in [-0.3, -0.25) is 9.69 Å². The highest BCUT2D eigenvalue weighted by molar-refractivity contribution is 6.31. The number of carbonyl (C=O) groups is 1. The molecule has 2 aromatic carbocycles. The van der Waals surface area contributed by atoms with Crippen molar-refractivity contribution in [2.75, 3.05) is 6.54 Å². The summed E-state index contributed by atoms with van der Waals surface area (Å²) in [5.41, 5.74) is 2.51. The Labute approximate surface area is 180 Å². The van der Waals surface area contributed by atoms with Gasteiger partial charge in [0.2, 0.25) is 0 Å². The molecule has 6 heteroatoms. The van der Waals surface area contributed by atoms with Gasteiger partial charge in [0.05, 0.1) is 18.1 Å². The number of hydrogen-bond donors (Lipinski definition) is 1. The molecule has 1 N–H and O–H groups in total. The number of fused-ring (bicyclic) bond motifs is 4. The minimum Gasteiger partial charge on any atom is -0.481 e. The van der Waals surface area contributed by atoms with Crippen LogP contribution < -0.4 is 0 Å². The van der Waals surface area contributed by atoms with E-state index in [1.807, 2.05) is 24.3 Å². The molecule has 3 aliphatic heterocycles. The van der Waals surface area contributed by atoms with Gasteiger partial charge in [0.25, 0.3) is 0 Å². The number of benzene rings is 2. The summed E-state index contributed by atoms with van der Waals surface area (Å²) < 4.78 is 20.2. The van der Waals surface area contributed by atoms with E-state index in [4.69, 9.17) is 16.3 Å². The number of piperidine rings is 1. The molecule has 0 amide bonds. The molecule has 0 radical (unpaired) electrons. The normalized spacial score (nSPS) is 28.6. The van der Waals surface area contributed by atoms with Crippen LogP contribution in [0.2, 0.25) is 5.02 Å². The highest BCUT2D eigenvalue weighted by atomic mass is 35.5. The van der Waals surface area contributed by atoms with Gasteiger partial charge in [-0.05, 0) is 67.0 Å². The fourth-order valence-corrected chi connectivity index (χ4v) is 5.95. The summed E-state index contributed by atoms with van der Waals surface area (Å²) in [5.74, 6) is -1.53. The van der Waals surface area contributed by atoms with Gasteiger partial charge < -0.3 is 9.84 Å². The second-order valence-corrected chi connectivity index (χ2v) is 9.31. The number of nitrogens with zero attached hydrogens (tertiary/aromatic N) is 1. The highest BCUT2D eigenvalue weighted by Crippen LogP contribution is 2.52. The molecule has 3 heterocycles. The fourth-order valence-electron chi connectivity index (χ4n) is 5.74. The van der Waals surface area contributed by atoms with Crippen LogP contribution in [0.15, 0.2) is 42.5 Å². The Hall–Kier alpha value is -1.95. The topological polar surface area (TPSA) is 49.8 Å². The first kappa shape index (κ1) is 20.0. The fraction of sp³-hybridized carbons (Fsp3) is 0.458. The Morgan fingerprint density at radius 1 is 1.23 bits per heavy atom. The maximum absolute atomic E-state index is 13.9. The molecule has 4 nitrogen and oxygen atoms in total. The maximum atomic E-state index is 13.9. The Bertz CT molecular complexity index is 967. The van der Waals surface area contributed by atoms with Crippen molar-refractivity contribution in [3.05, 3.63) is 70.0 Å². The summed E-state index contributed by atoms with van der Waals surface area (Å²) in [7, 11) is 0. The predicted molar refractivity (Wildman–Crippen MR) is 112 cm³/mol. The molecule has 5 rings (SSSR count). The van der Waals surface area contributed by atoms with Crippen LogP contribution >= 0.6 is 11.6 Å². The van der Waals surface area contributed by atoms with E-state index >= 15 is 0 Å². The molecule has 2 aromatic rings. The molecule has 3 unspecified atom stereocenters. The van der Waals surface area contributed by atoms with Gasteiger partial charge in [0.1, 0.15) is 5.82 Å². The predicted octanol–water partition coefficient (Wildman–Crippen LogP) is 4.77. The van der Waals surface area contributed by atoms with E-state index in [0.717, 1.165) is 42.4 Å². The standard InChI is InChI=1S/C24H25ClFNO3/c25-22-4-2-1-3-15(22)9-17(23(28)29)13-27-19-7-8-20(27)12-24(11-19)21-10-18(26)6-5-16(21)14-30-24/h1-6,10,17,19-20H,7-9,11-14H2,(H,28,29). The SMILES string of the molecule is O=C(O)C(Cc1ccccc1Cl)CN1C2CCC1CC1(C2)OCc2ccc(F)cc21. The summed E-state index contributed by atoms with van der Waals surface area (Å²) in [4.78, 5) is 14.4. The first-order valence-corrected chi connectivity index (χ1v) is 11.0. The first-order chi connectivity index (χ1) is 14.4. The number of rotatable bonds is 5. The number of halogens is 2. The molecule has 1 spiro atoms. The third kappa shape index (κ3) is 3.43. The Morgan fingerprint density at radius 2 is 1.97 bits per heavy atom. The van der Waals surface area contributed by atoms with Crippen LogP contribution in [-0.2, 0) is 28.2 Å². The van der Waals surface area contributed by atoms with Crippen LogP contribution in [0.1, 0.15) is 42.4 Å². The van der Waals surface area contributed by atoms with Crippen molar-refractivity contribution >= 4 is 17.6 Å². The number of carboxylic acids is 1. The van der Waals surface area contributed by atoms with E-state index in [2.05, 4.69) is 4.90 Å². The molecule has 0 aromatic heterocycles. The second kappa shape index (κ2) is 7.63. The molecule has 158 valence electrons. The minimum absolute atomic E-state index is 0.223. The van der Waals surface area contributed by atoms with Crippen molar-refractivity contribution in [2.45, 2.75) is 56.4 Å². The largest absolute Gasteiger partial charge is 0.481 e. The third-order valence-corrected chi connectivity index (χ3v) is 7.54. The zero-order valence-electron chi connectivity index (χ0n) is 16.7. The van der Waals surface area contributed by atoms with Crippen molar-refractivity contribution in [3.63, 3.8) is 0 Å². The molecule has 3 atom stereocenters. The van der Waals surface area contributed by atoms with Crippen molar-refractivity contribution in [1.82, 2.24) is 4.90 Å². The van der Waals surface area contributed by atoms with E-state index in [1.54, 1.807) is 12.1 Å². The Morgan fingerprint density at radius 3 is 2.67 bits per heavy atom. The lowest BCUT2D eigenvalue weighted by atomic mass is 9.79. The average Bonchev–Trinajstić information content (AvgIpc) is 3.16. The third-order valence-electron chi connectivity index (χ3n) is 7.17. The second-order valence-electron chi connectivity index (χ2n) is 8.91. The van der Waals surface area contributed by atoms with Crippen LogP contribution in [0.3, 0.4) is 0 Å². The quantitative estimate of drug-likeness (QED) is 0.743. The van der Waals surface area contributed by atoms with E-state index in [1.165, 1.54) is 6.07 Å². The minimum atomic E-state index is -0.792. The smallest absolute Gasteiger partial charge is 0.308 e. The summed E-state index contributed by atoms with van der Waals surface area (Å²) in [6.07, 6.45) is 4.05. The first-order valence-electron chi connectivity index (χ1n) is 10.6. The monoisotopic (exact) mass is 429 g/mol. The maximum Gasteiger partial charge on any atom is 0.308 e. The lowest BCUT2D eigenvalue weighted by molar-refractivity contribution is -0.144. The van der Waals surface area contributed by atoms with Crippen LogP contribution in [-0.4, -0.2) is 34.6 Å². The van der Waals surface area contributed by atoms with E-state index in [9.17, 15) is 14.3 Å². The van der Waals surface area contributed by atoms with Gasteiger partial charge in [-0.25, -0.2) is 4.39 Å². The van der Waals surface area contributed by atoms with Crippen molar-refractivity contribution in [3.8, 4) is 0 Å². The van der Waals surface area contributed by atoms with Crippen molar-refractivity contribution in [2.24, 2.45) is 5.92 Å². The number of hydrogen-bond acceptors (Lipinski definition) is 3. The Kier molecular flexibility index (Phi) is 5.08. The van der Waals surface area contributed by atoms with Crippen LogP contribution in [0, 0.1) is 11.7 Å². The van der Waals surface area contributed by atoms with Gasteiger partial charge in [0, 0.05) is 23.7 Å². The number of ether oxygens (including phenoxy) is 1. The molecular formula is C24H25ClFNO3. The summed E-state index contributed by atoms with van der Waals surface area (Å²) >= 11 is 6.27. The van der Waals surface area contributed by atoms with E-state index < -0.39 is 17.5 Å². The average molecular weight is 430 g/mol. The summed E-state index contributed by atoms with van der Waals surface area (Å²) in [6.45, 7) is 1.03. The van der Waals surface area contributed by atoms with Gasteiger partial charge in [-0.1, -0.05) is 35.9 Å². The van der Waals surface area contributed by atoms with Crippen molar-refractivity contribution < 1.29 is 19.0 Å². The number of carboxylic acid groups (broad SMARTS) is 1. The van der Waals surface area contributed by atoms with E-state index in [0.29, 0.717) is 24.6 Å². The summed E-state index contributed by atoms with van der Waals surface area (Å²) in [6, 6.07) is 12.9. The van der Waals surface area contributed by atoms with Crippen LogP contribution in [0.4, 0.5) is 4.39 Å². The molecule has 2 fully saturated rings. The van der Waals surface area contributed by atoms with Gasteiger partial charge in [-0.2, -0.15) is 0 Å². The molecule has 0 saturated carbocycles. The zero-order chi connectivity index (χ0) is 20.9. The van der Waals surface area contributed by atoms with Crippen molar-refractivity contribution in [1.29, 1.82) is 0 Å². The number of aliphatic carboxylic acids is 1. The molecule has 2 saturated heterocycles. The molecule has 3 aliphatic rings. The molecule has 2 bridgehead atoms. The molecular weight excluding hydrogens is 405 g/mol.